The van der Waals surface area contributed by atoms with Gasteiger partial charge >= 0.3 is 18.0 Å². The van der Waals surface area contributed by atoms with Gasteiger partial charge in [0.15, 0.2) is 18.7 Å². The molecule has 2 saturated heterocycles. The van der Waals surface area contributed by atoms with Crippen molar-refractivity contribution in [1.29, 1.82) is 0 Å². The Hall–Kier alpha value is -4.98. The van der Waals surface area contributed by atoms with Crippen LogP contribution in [0.4, 0.5) is 4.79 Å². The minimum Gasteiger partial charge on any atom is -0.457 e. The number of hydrogen-bond acceptors (Lipinski definition) is 20. The van der Waals surface area contributed by atoms with Gasteiger partial charge in [0.25, 0.3) is 5.56 Å². The summed E-state index contributed by atoms with van der Waals surface area (Å²) >= 11 is 0. The first-order chi connectivity index (χ1) is 30.7. The number of nitrogens with two attached hydrogens (primary N) is 1. The number of fused-ring (bicyclic) bond motifs is 5. The monoisotopic (exact) mass is 901 g/mol. The van der Waals surface area contributed by atoms with Crippen LogP contribution in [0.25, 0.3) is 22.3 Å². The average molecular weight is 902 g/mol. The number of amides is 1. The number of aliphatic hydroxyl groups is 6. The van der Waals surface area contributed by atoms with E-state index in [1.54, 1.807) is 17.6 Å². The van der Waals surface area contributed by atoms with Crippen molar-refractivity contribution in [2.75, 3.05) is 33.0 Å². The molecule has 64 heavy (non-hydrogen) atoms. The summed E-state index contributed by atoms with van der Waals surface area (Å²) in [5, 5.41) is 62.7. The molecule has 22 nitrogen and oxygen atoms in total. The molecule has 4 aliphatic heterocycles. The molecular formula is C42H51N3O19. The summed E-state index contributed by atoms with van der Waals surface area (Å²) in [5.41, 5.74) is 5.83. The van der Waals surface area contributed by atoms with Crippen molar-refractivity contribution in [2.45, 2.75) is 119 Å². The van der Waals surface area contributed by atoms with Gasteiger partial charge in [0, 0.05) is 36.0 Å². The van der Waals surface area contributed by atoms with Gasteiger partial charge in [-0.2, -0.15) is 0 Å². The third-order valence-electron chi connectivity index (χ3n) is 11.7. The Kier molecular flexibility index (Phi) is 14.7. The fraction of sp³-hybridized carbons (Fsp3) is 0.571. The minimum absolute atomic E-state index is 0.0273. The van der Waals surface area contributed by atoms with Crippen LogP contribution in [0.15, 0.2) is 41.2 Å². The molecule has 1 amide bonds. The third-order valence-corrected chi connectivity index (χ3v) is 11.7. The number of primary amides is 1. The van der Waals surface area contributed by atoms with Crippen LogP contribution in [0.5, 0.6) is 0 Å². The number of ether oxygens (including phenoxy) is 8. The van der Waals surface area contributed by atoms with Crippen molar-refractivity contribution >= 4 is 34.7 Å². The maximum Gasteiger partial charge on any atom is 0.404 e. The van der Waals surface area contributed by atoms with E-state index in [9.17, 15) is 54.6 Å². The van der Waals surface area contributed by atoms with Crippen LogP contribution in [0, 0.1) is 0 Å². The molecule has 0 spiro atoms. The van der Waals surface area contributed by atoms with Crippen molar-refractivity contribution in [3.05, 3.63) is 63.4 Å². The number of pyridine rings is 2. The Morgan fingerprint density at radius 3 is 2.36 bits per heavy atom. The zero-order valence-electron chi connectivity index (χ0n) is 34.7. The number of hydrogen-bond donors (Lipinski definition) is 7. The molecular weight excluding hydrogens is 850 g/mol. The summed E-state index contributed by atoms with van der Waals surface area (Å²) in [4.78, 5) is 69.4. The normalized spacial score (nSPS) is 29.6. The molecule has 0 radical (unpaired) electrons. The van der Waals surface area contributed by atoms with Gasteiger partial charge in [-0.15, -0.1) is 0 Å². The van der Waals surface area contributed by atoms with Gasteiger partial charge in [-0.1, -0.05) is 25.1 Å². The Bertz CT molecular complexity index is 2270. The van der Waals surface area contributed by atoms with Gasteiger partial charge in [0.05, 0.1) is 61.9 Å². The van der Waals surface area contributed by atoms with Crippen molar-refractivity contribution in [2.24, 2.45) is 5.73 Å². The molecule has 8 N–H and O–H groups in total. The molecule has 348 valence electrons. The average Bonchev–Trinajstić information content (AvgIpc) is 3.64. The van der Waals surface area contributed by atoms with Gasteiger partial charge in [0.2, 0.25) is 5.60 Å². The predicted octanol–water partition coefficient (Wildman–Crippen LogP) is -1.48. The highest BCUT2D eigenvalue weighted by molar-refractivity contribution is 5.89. The second-order valence-corrected chi connectivity index (χ2v) is 15.8. The van der Waals surface area contributed by atoms with Crippen molar-refractivity contribution < 1.29 is 87.7 Å². The van der Waals surface area contributed by atoms with Crippen LogP contribution in [0.3, 0.4) is 0 Å². The predicted molar refractivity (Wildman–Crippen MR) is 213 cm³/mol. The van der Waals surface area contributed by atoms with Crippen molar-refractivity contribution in [3.63, 3.8) is 0 Å². The lowest BCUT2D eigenvalue weighted by atomic mass is 9.85. The number of benzene rings is 1. The smallest absolute Gasteiger partial charge is 0.404 e. The van der Waals surface area contributed by atoms with Crippen LogP contribution in [-0.4, -0.2) is 158 Å². The quantitative estimate of drug-likeness (QED) is 0.0340. The van der Waals surface area contributed by atoms with E-state index in [-0.39, 0.29) is 87.5 Å². The zero-order valence-corrected chi connectivity index (χ0v) is 34.7. The number of aromatic nitrogens is 2. The van der Waals surface area contributed by atoms with Gasteiger partial charge in [-0.25, -0.2) is 14.6 Å². The first kappa shape index (κ1) is 47.0. The first-order valence-corrected chi connectivity index (χ1v) is 20.8. The molecule has 2 fully saturated rings. The highest BCUT2D eigenvalue weighted by Crippen LogP contribution is 2.41. The maximum atomic E-state index is 13.8. The highest BCUT2D eigenvalue weighted by atomic mass is 16.8. The van der Waals surface area contributed by atoms with Gasteiger partial charge in [-0.05, 0) is 31.0 Å². The number of nitrogens with zero attached hydrogens (tertiary/aromatic N) is 2. The number of cyclic esters (lactones) is 1. The molecule has 0 unspecified atom stereocenters. The van der Waals surface area contributed by atoms with Crippen LogP contribution in [0.2, 0.25) is 0 Å². The molecule has 1 aromatic carbocycles. The second-order valence-electron chi connectivity index (χ2n) is 15.8. The van der Waals surface area contributed by atoms with Gasteiger partial charge in [0.1, 0.15) is 55.1 Å². The third kappa shape index (κ3) is 9.39. The fourth-order valence-electron chi connectivity index (χ4n) is 8.32. The number of carbonyl (C=O) groups excluding carboxylic acids is 4. The summed E-state index contributed by atoms with van der Waals surface area (Å²) < 4.78 is 45.5. The van der Waals surface area contributed by atoms with Gasteiger partial charge in [-0.3, -0.25) is 14.4 Å². The van der Waals surface area contributed by atoms with Crippen molar-refractivity contribution in [3.8, 4) is 11.4 Å². The van der Waals surface area contributed by atoms with Crippen LogP contribution in [0.1, 0.15) is 55.7 Å². The Morgan fingerprint density at radius 2 is 1.62 bits per heavy atom. The number of Topliss-reactive ketones (excluding diaryl/α,β-unsaturated/α-hetero) is 1. The minimum atomic E-state index is -1.91. The Balaban J connectivity index is 0.888. The van der Waals surface area contributed by atoms with E-state index in [1.807, 2.05) is 30.3 Å². The van der Waals surface area contributed by atoms with E-state index in [1.165, 1.54) is 0 Å². The van der Waals surface area contributed by atoms with E-state index >= 15 is 0 Å². The Labute approximate surface area is 364 Å². The van der Waals surface area contributed by atoms with Crippen LogP contribution >= 0.6 is 0 Å². The van der Waals surface area contributed by atoms with E-state index in [4.69, 9.17) is 48.6 Å². The number of ketones is 1. The number of rotatable bonds is 18. The lowest BCUT2D eigenvalue weighted by Crippen LogP contribution is -2.65. The molecule has 0 aliphatic carbocycles. The van der Waals surface area contributed by atoms with E-state index in [2.05, 4.69) is 0 Å². The lowest BCUT2D eigenvalue weighted by Gasteiger charge is -2.46. The standard InChI is InChI=1S/C42H51N3O19/c1-2-42(24-15-26-30-21(14-20-6-3-4-8-25(20)44-30)16-45(26)37(54)23(24)19-59-40(42)55)64-29(49)10-9-22(48)7-5-11-57-12-13-58-39-36(33(52)31(50)27(17-46)61-39)62-38-34(53)35(63-41(43)56)32(51)28(18-47)60-38/h3-4,6,8,14-15,27-28,31-36,38-39,46-47,50-53H,2,5,7,9-13,16-19H2,1H3,(H2,43,56)/t27-,28+,31+,32+,33-,34-,35-,36-,38+,39-,42-/m0/s1. The van der Waals surface area contributed by atoms with E-state index in [0.29, 0.717) is 11.4 Å². The summed E-state index contributed by atoms with van der Waals surface area (Å²) in [5.74, 6) is -1.94. The number of carbonyl (C=O) groups is 4. The molecule has 7 rings (SSSR count). The Morgan fingerprint density at radius 1 is 0.891 bits per heavy atom. The molecule has 4 aliphatic rings. The van der Waals surface area contributed by atoms with Gasteiger partial charge < -0.3 is 78.8 Å². The molecule has 0 bridgehead atoms. The molecule has 22 heteroatoms. The molecule has 0 saturated carbocycles. The SMILES string of the molecule is CC[C@@]1(OC(=O)CCC(=O)CCCOCCO[C@H]2O[C@@H](CO)[C@@H](O)[C@H](O)[C@@H]2O[C@H]2O[C@H](CO)[C@@H](O)[C@H](OC(N)=O)[C@@H]2O)C(=O)OCc2c1cc1n(c2=O)Cc2cc3ccccc3nc2-1. The number of esters is 2. The van der Waals surface area contributed by atoms with Crippen LogP contribution in [-0.2, 0) is 71.0 Å². The summed E-state index contributed by atoms with van der Waals surface area (Å²) in [6, 6.07) is 11.2. The first-order valence-electron chi connectivity index (χ1n) is 20.8. The molecule has 3 aromatic rings. The van der Waals surface area contributed by atoms with E-state index < -0.39 is 98.3 Å². The number of para-hydroxylation sites is 1. The lowest BCUT2D eigenvalue weighted by molar-refractivity contribution is -0.367. The highest BCUT2D eigenvalue weighted by Gasteiger charge is 2.53. The second kappa shape index (κ2) is 20.0. The topological polar surface area (TPSA) is 324 Å². The summed E-state index contributed by atoms with van der Waals surface area (Å²) in [6.45, 7) is -0.101. The largest absolute Gasteiger partial charge is 0.457 e. The molecule has 6 heterocycles. The van der Waals surface area contributed by atoms with E-state index in [0.717, 1.165) is 16.5 Å². The van der Waals surface area contributed by atoms with Crippen molar-refractivity contribution in [1.82, 2.24) is 9.55 Å². The zero-order chi connectivity index (χ0) is 45.9. The van der Waals surface area contributed by atoms with Crippen LogP contribution < -0.4 is 11.3 Å². The number of aliphatic hydroxyl groups excluding tert-OH is 6. The molecule has 11 atom stereocenters. The maximum absolute atomic E-state index is 13.8. The fourth-order valence-corrected chi connectivity index (χ4v) is 8.32. The summed E-state index contributed by atoms with van der Waals surface area (Å²) in [6.07, 6.45) is -18.1. The molecule has 2 aromatic heterocycles. The summed E-state index contributed by atoms with van der Waals surface area (Å²) in [7, 11) is 0.